The molecule has 0 aliphatic heterocycles. The third-order valence-electron chi connectivity index (χ3n) is 2.08. The zero-order valence-electron chi connectivity index (χ0n) is 8.93. The zero-order chi connectivity index (χ0) is 11.3. The molecule has 0 aliphatic rings. The van der Waals surface area contributed by atoms with Crippen molar-refractivity contribution < 1.29 is 4.79 Å². The Morgan fingerprint density at radius 3 is 2.80 bits per heavy atom. The van der Waals surface area contributed by atoms with Crippen LogP contribution < -0.4 is 0 Å². The number of rotatable bonds is 3. The van der Waals surface area contributed by atoms with Crippen LogP contribution >= 0.6 is 11.6 Å². The Bertz CT molecular complexity index is 424. The van der Waals surface area contributed by atoms with Crippen LogP contribution in [0.4, 0.5) is 0 Å². The molecule has 0 saturated carbocycles. The van der Waals surface area contributed by atoms with Crippen LogP contribution in [-0.4, -0.2) is 5.78 Å². The summed E-state index contributed by atoms with van der Waals surface area (Å²) in [6, 6.07) is 5.48. The first-order valence-corrected chi connectivity index (χ1v) is 5.22. The van der Waals surface area contributed by atoms with Gasteiger partial charge in [0.2, 0.25) is 0 Å². The van der Waals surface area contributed by atoms with Crippen molar-refractivity contribution in [1.29, 1.82) is 0 Å². The van der Waals surface area contributed by atoms with Gasteiger partial charge in [-0.2, -0.15) is 0 Å². The zero-order valence-corrected chi connectivity index (χ0v) is 9.69. The number of carbonyl (C=O) groups excluding carboxylic acids is 1. The first-order chi connectivity index (χ1) is 7.15. The van der Waals surface area contributed by atoms with Crippen molar-refractivity contribution >= 4 is 17.4 Å². The Hall–Kier alpha value is -1.26. The molecule has 0 amide bonds. The monoisotopic (exact) mass is 220 g/mol. The quantitative estimate of drug-likeness (QED) is 0.562. The molecule has 0 radical (unpaired) electrons. The number of hydrogen-bond donors (Lipinski definition) is 0. The summed E-state index contributed by atoms with van der Waals surface area (Å²) in [4.78, 5) is 11.7. The van der Waals surface area contributed by atoms with Crippen molar-refractivity contribution in [2.75, 3.05) is 0 Å². The average Bonchev–Trinajstić information content (AvgIpc) is 2.17. The Morgan fingerprint density at radius 1 is 1.47 bits per heavy atom. The Morgan fingerprint density at radius 2 is 2.20 bits per heavy atom. The molecule has 2 heteroatoms. The maximum Gasteiger partial charge on any atom is 0.165 e. The van der Waals surface area contributed by atoms with Gasteiger partial charge >= 0.3 is 0 Å². The lowest BCUT2D eigenvalue weighted by molar-refractivity contribution is 0.0984. The molecule has 1 aromatic carbocycles. The van der Waals surface area contributed by atoms with Gasteiger partial charge in [-0.3, -0.25) is 4.79 Å². The van der Waals surface area contributed by atoms with Crippen LogP contribution in [0, 0.1) is 18.8 Å². The van der Waals surface area contributed by atoms with E-state index in [1.165, 1.54) is 0 Å². The minimum Gasteiger partial charge on any atom is -0.294 e. The SMILES string of the molecule is CC#CCCC(=O)c1ccc(C)cc1Cl. The molecule has 1 nitrogen and oxygen atoms in total. The molecule has 0 aromatic heterocycles. The molecular formula is C13H13ClO. The molecule has 0 fully saturated rings. The predicted octanol–water partition coefficient (Wildman–Crippen LogP) is 3.63. The summed E-state index contributed by atoms with van der Waals surface area (Å²) in [7, 11) is 0. The fraction of sp³-hybridized carbons (Fsp3) is 0.308. The van der Waals surface area contributed by atoms with E-state index in [4.69, 9.17) is 11.6 Å². The second-order valence-corrected chi connectivity index (χ2v) is 3.74. The van der Waals surface area contributed by atoms with Crippen molar-refractivity contribution in [2.24, 2.45) is 0 Å². The normalized spacial score (nSPS) is 9.27. The first-order valence-electron chi connectivity index (χ1n) is 4.84. The molecule has 0 N–H and O–H groups in total. The second-order valence-electron chi connectivity index (χ2n) is 3.33. The van der Waals surface area contributed by atoms with E-state index in [1.807, 2.05) is 13.0 Å². The molecule has 0 unspecified atom stereocenters. The minimum atomic E-state index is 0.0581. The van der Waals surface area contributed by atoms with Gasteiger partial charge in [0, 0.05) is 18.4 Å². The molecular weight excluding hydrogens is 208 g/mol. The molecule has 15 heavy (non-hydrogen) atoms. The third-order valence-corrected chi connectivity index (χ3v) is 2.39. The summed E-state index contributed by atoms with van der Waals surface area (Å²) >= 11 is 5.98. The fourth-order valence-electron chi connectivity index (χ4n) is 1.28. The highest BCUT2D eigenvalue weighted by atomic mass is 35.5. The highest BCUT2D eigenvalue weighted by Gasteiger charge is 2.08. The largest absolute Gasteiger partial charge is 0.294 e. The Balaban J connectivity index is 2.76. The van der Waals surface area contributed by atoms with E-state index in [2.05, 4.69) is 11.8 Å². The maximum atomic E-state index is 11.7. The molecule has 0 bridgehead atoms. The van der Waals surface area contributed by atoms with Gasteiger partial charge in [-0.15, -0.1) is 11.8 Å². The van der Waals surface area contributed by atoms with Gasteiger partial charge in [0.25, 0.3) is 0 Å². The van der Waals surface area contributed by atoms with Crippen molar-refractivity contribution in [1.82, 2.24) is 0 Å². The van der Waals surface area contributed by atoms with Crippen LogP contribution in [0.1, 0.15) is 35.7 Å². The van der Waals surface area contributed by atoms with Crippen LogP contribution in [0.2, 0.25) is 5.02 Å². The maximum absolute atomic E-state index is 11.7. The molecule has 0 saturated heterocycles. The highest BCUT2D eigenvalue weighted by Crippen LogP contribution is 2.19. The van der Waals surface area contributed by atoms with Crippen molar-refractivity contribution in [3.63, 3.8) is 0 Å². The summed E-state index contributed by atoms with van der Waals surface area (Å²) in [5.41, 5.74) is 1.66. The van der Waals surface area contributed by atoms with Crippen LogP contribution in [-0.2, 0) is 0 Å². The number of carbonyl (C=O) groups is 1. The van der Waals surface area contributed by atoms with E-state index in [9.17, 15) is 4.79 Å². The van der Waals surface area contributed by atoms with Crippen molar-refractivity contribution in [2.45, 2.75) is 26.7 Å². The predicted molar refractivity (Wildman–Crippen MR) is 63.2 cm³/mol. The number of aryl methyl sites for hydroxylation is 1. The fourth-order valence-corrected chi connectivity index (χ4v) is 1.62. The first kappa shape index (κ1) is 11.8. The van der Waals surface area contributed by atoms with E-state index < -0.39 is 0 Å². The molecule has 78 valence electrons. The number of Topliss-reactive ketones (excluding diaryl/α,β-unsaturated/α-hetero) is 1. The number of hydrogen-bond acceptors (Lipinski definition) is 1. The molecule has 1 rings (SSSR count). The summed E-state index contributed by atoms with van der Waals surface area (Å²) < 4.78 is 0. The van der Waals surface area contributed by atoms with E-state index in [1.54, 1.807) is 19.1 Å². The van der Waals surface area contributed by atoms with E-state index >= 15 is 0 Å². The van der Waals surface area contributed by atoms with E-state index in [-0.39, 0.29) is 5.78 Å². The van der Waals surface area contributed by atoms with Crippen molar-refractivity contribution in [3.05, 3.63) is 34.3 Å². The molecule has 0 aliphatic carbocycles. The van der Waals surface area contributed by atoms with Gasteiger partial charge in [-0.1, -0.05) is 17.7 Å². The Kier molecular flexibility index (Phi) is 4.39. The average molecular weight is 221 g/mol. The van der Waals surface area contributed by atoms with Gasteiger partial charge in [0.1, 0.15) is 0 Å². The molecule has 1 aromatic rings. The summed E-state index contributed by atoms with van der Waals surface area (Å²) in [6.07, 6.45) is 1.03. The van der Waals surface area contributed by atoms with Crippen LogP contribution in [0.3, 0.4) is 0 Å². The third kappa shape index (κ3) is 3.42. The Labute approximate surface area is 95.5 Å². The summed E-state index contributed by atoms with van der Waals surface area (Å²) in [6.45, 7) is 3.71. The number of benzene rings is 1. The second kappa shape index (κ2) is 5.58. The van der Waals surface area contributed by atoms with Crippen LogP contribution in [0.15, 0.2) is 18.2 Å². The lowest BCUT2D eigenvalue weighted by Crippen LogP contribution is -1.99. The smallest absolute Gasteiger partial charge is 0.165 e. The topological polar surface area (TPSA) is 17.1 Å². The summed E-state index contributed by atoms with van der Waals surface area (Å²) in [5, 5.41) is 0.532. The van der Waals surface area contributed by atoms with Gasteiger partial charge in [0.05, 0.1) is 5.02 Å². The van der Waals surface area contributed by atoms with E-state index in [0.717, 1.165) is 5.56 Å². The summed E-state index contributed by atoms with van der Waals surface area (Å²) in [5.74, 6) is 5.69. The lowest BCUT2D eigenvalue weighted by Gasteiger charge is -2.02. The van der Waals surface area contributed by atoms with Gasteiger partial charge in [-0.25, -0.2) is 0 Å². The van der Waals surface area contributed by atoms with Gasteiger partial charge in [-0.05, 0) is 31.5 Å². The van der Waals surface area contributed by atoms with Crippen LogP contribution in [0.5, 0.6) is 0 Å². The van der Waals surface area contributed by atoms with E-state index in [0.29, 0.717) is 23.4 Å². The van der Waals surface area contributed by atoms with Gasteiger partial charge < -0.3 is 0 Å². The van der Waals surface area contributed by atoms with Gasteiger partial charge in [0.15, 0.2) is 5.78 Å². The van der Waals surface area contributed by atoms with Crippen molar-refractivity contribution in [3.8, 4) is 11.8 Å². The van der Waals surface area contributed by atoms with Crippen LogP contribution in [0.25, 0.3) is 0 Å². The lowest BCUT2D eigenvalue weighted by atomic mass is 10.1. The molecule has 0 atom stereocenters. The molecule has 0 spiro atoms. The number of ketones is 1. The highest BCUT2D eigenvalue weighted by molar-refractivity contribution is 6.34. The standard InChI is InChI=1S/C13H13ClO/c1-3-4-5-6-13(15)11-8-7-10(2)9-12(11)14/h7-9H,5-6H2,1-2H3. The molecule has 0 heterocycles. The number of halogens is 1. The minimum absolute atomic E-state index is 0.0581.